The highest BCUT2D eigenvalue weighted by Gasteiger charge is 2.21. The van der Waals surface area contributed by atoms with Crippen LogP contribution in [0.5, 0.6) is 5.75 Å². The van der Waals surface area contributed by atoms with Crippen LogP contribution in [0.25, 0.3) is 21.8 Å². The Labute approximate surface area is 146 Å². The Hall–Kier alpha value is -2.14. The summed E-state index contributed by atoms with van der Waals surface area (Å²) in [6.45, 7) is 7.27. The van der Waals surface area contributed by atoms with E-state index in [1.54, 1.807) is 12.1 Å². The molecule has 5 heteroatoms. The highest BCUT2D eigenvalue weighted by Crippen LogP contribution is 2.35. The molecule has 1 N–H and O–H groups in total. The van der Waals surface area contributed by atoms with Crippen LogP contribution in [0.4, 0.5) is 4.39 Å². The molecule has 132 valence electrons. The van der Waals surface area contributed by atoms with Crippen LogP contribution in [0.1, 0.15) is 37.9 Å². The van der Waals surface area contributed by atoms with E-state index >= 15 is 0 Å². The van der Waals surface area contributed by atoms with Gasteiger partial charge in [0.2, 0.25) is 5.95 Å². The first kappa shape index (κ1) is 16.3. The number of likely N-dealkylation sites (tertiary alicyclic amines) is 1. The molecule has 1 atom stereocenters. The fraction of sp³-hybridized carbons (Fsp3) is 0.450. The summed E-state index contributed by atoms with van der Waals surface area (Å²) >= 11 is 0. The van der Waals surface area contributed by atoms with Crippen molar-refractivity contribution >= 4 is 21.8 Å². The molecule has 3 aromatic rings. The van der Waals surface area contributed by atoms with Crippen LogP contribution < -0.4 is 0 Å². The number of aromatic hydroxyl groups is 1. The van der Waals surface area contributed by atoms with Crippen LogP contribution >= 0.6 is 0 Å². The summed E-state index contributed by atoms with van der Waals surface area (Å²) in [4.78, 5) is 6.55. The van der Waals surface area contributed by atoms with Crippen LogP contribution in [-0.2, 0) is 0 Å². The second kappa shape index (κ2) is 6.30. The van der Waals surface area contributed by atoms with Crippen molar-refractivity contribution in [1.82, 2.24) is 14.5 Å². The van der Waals surface area contributed by atoms with Crippen molar-refractivity contribution in [3.05, 3.63) is 35.9 Å². The van der Waals surface area contributed by atoms with Gasteiger partial charge in [-0.1, -0.05) is 6.42 Å². The van der Waals surface area contributed by atoms with Gasteiger partial charge in [0, 0.05) is 35.5 Å². The predicted octanol–water partition coefficient (Wildman–Crippen LogP) is 4.39. The minimum atomic E-state index is -0.458. The SMILES string of the molecule is Cc1nc(F)cc2c3ccc(O)cc3n(C(C)CN3CCCCC3)c12. The number of benzene rings is 1. The minimum absolute atomic E-state index is 0.214. The molecule has 0 spiro atoms. The van der Waals surface area contributed by atoms with Crippen LogP contribution in [0.3, 0.4) is 0 Å². The Morgan fingerprint density at radius 2 is 1.92 bits per heavy atom. The zero-order chi connectivity index (χ0) is 17.6. The Morgan fingerprint density at radius 1 is 1.16 bits per heavy atom. The van der Waals surface area contributed by atoms with Gasteiger partial charge in [-0.05, 0) is 51.9 Å². The maximum absolute atomic E-state index is 13.9. The molecule has 1 aromatic carbocycles. The third-order valence-electron chi connectivity index (χ3n) is 5.32. The van der Waals surface area contributed by atoms with E-state index in [4.69, 9.17) is 0 Å². The highest BCUT2D eigenvalue weighted by atomic mass is 19.1. The average molecular weight is 341 g/mol. The van der Waals surface area contributed by atoms with Gasteiger partial charge in [-0.2, -0.15) is 4.39 Å². The van der Waals surface area contributed by atoms with Crippen molar-refractivity contribution < 1.29 is 9.50 Å². The third-order valence-corrected chi connectivity index (χ3v) is 5.32. The number of halogens is 1. The minimum Gasteiger partial charge on any atom is -0.508 e. The Bertz CT molecular complexity index is 928. The van der Waals surface area contributed by atoms with E-state index in [0.29, 0.717) is 5.69 Å². The van der Waals surface area contributed by atoms with Gasteiger partial charge < -0.3 is 14.6 Å². The van der Waals surface area contributed by atoms with Gasteiger partial charge in [0.05, 0.1) is 16.7 Å². The summed E-state index contributed by atoms with van der Waals surface area (Å²) < 4.78 is 16.1. The molecule has 0 saturated carbocycles. The number of aromatic nitrogens is 2. The molecule has 0 aliphatic carbocycles. The molecule has 1 aliphatic rings. The number of pyridine rings is 1. The molecule has 0 radical (unpaired) electrons. The largest absolute Gasteiger partial charge is 0.508 e. The molecule has 0 bridgehead atoms. The molecule has 0 amide bonds. The maximum atomic E-state index is 13.9. The van der Waals surface area contributed by atoms with Crippen molar-refractivity contribution in [1.29, 1.82) is 0 Å². The maximum Gasteiger partial charge on any atom is 0.213 e. The number of rotatable bonds is 3. The quantitative estimate of drug-likeness (QED) is 0.718. The molecule has 3 heterocycles. The molecule has 1 unspecified atom stereocenters. The summed E-state index contributed by atoms with van der Waals surface area (Å²) in [7, 11) is 0. The predicted molar refractivity (Wildman–Crippen MR) is 98.6 cm³/mol. The normalized spacial score (nSPS) is 17.4. The number of piperidine rings is 1. The van der Waals surface area contributed by atoms with Crippen molar-refractivity contribution in [3.63, 3.8) is 0 Å². The molecular weight excluding hydrogens is 317 g/mol. The second-order valence-electron chi connectivity index (χ2n) is 7.21. The zero-order valence-corrected chi connectivity index (χ0v) is 14.8. The van der Waals surface area contributed by atoms with Crippen LogP contribution in [0, 0.1) is 12.9 Å². The third kappa shape index (κ3) is 2.86. The van der Waals surface area contributed by atoms with E-state index in [0.717, 1.165) is 41.4 Å². The van der Waals surface area contributed by atoms with Crippen molar-refractivity contribution in [2.45, 2.75) is 39.2 Å². The smallest absolute Gasteiger partial charge is 0.213 e. The topological polar surface area (TPSA) is 41.3 Å². The Kier molecular flexibility index (Phi) is 4.12. The number of hydrogen-bond acceptors (Lipinski definition) is 3. The molecule has 25 heavy (non-hydrogen) atoms. The van der Waals surface area contributed by atoms with Gasteiger partial charge in [0.1, 0.15) is 5.75 Å². The van der Waals surface area contributed by atoms with Crippen LogP contribution in [0.2, 0.25) is 0 Å². The van der Waals surface area contributed by atoms with E-state index in [2.05, 4.69) is 21.4 Å². The molecule has 1 fully saturated rings. The lowest BCUT2D eigenvalue weighted by Crippen LogP contribution is -2.34. The average Bonchev–Trinajstić information content (AvgIpc) is 2.89. The number of fused-ring (bicyclic) bond motifs is 3. The van der Waals surface area contributed by atoms with Gasteiger partial charge in [-0.15, -0.1) is 0 Å². The van der Waals surface area contributed by atoms with Crippen molar-refractivity contribution in [3.8, 4) is 5.75 Å². The number of hydrogen-bond donors (Lipinski definition) is 1. The first-order valence-electron chi connectivity index (χ1n) is 9.06. The van der Waals surface area contributed by atoms with Crippen LogP contribution in [0.15, 0.2) is 24.3 Å². The second-order valence-corrected chi connectivity index (χ2v) is 7.21. The summed E-state index contributed by atoms with van der Waals surface area (Å²) in [5, 5.41) is 11.8. The summed E-state index contributed by atoms with van der Waals surface area (Å²) in [5.41, 5.74) is 2.60. The van der Waals surface area contributed by atoms with Gasteiger partial charge in [0.25, 0.3) is 0 Å². The molecule has 4 rings (SSSR count). The summed E-state index contributed by atoms with van der Waals surface area (Å²) in [5.74, 6) is -0.228. The lowest BCUT2D eigenvalue weighted by molar-refractivity contribution is 0.204. The molecule has 4 nitrogen and oxygen atoms in total. The summed E-state index contributed by atoms with van der Waals surface area (Å²) in [6.07, 6.45) is 3.83. The first-order valence-corrected chi connectivity index (χ1v) is 9.06. The van der Waals surface area contributed by atoms with E-state index in [1.165, 1.54) is 25.3 Å². The van der Waals surface area contributed by atoms with Gasteiger partial charge >= 0.3 is 0 Å². The van der Waals surface area contributed by atoms with Crippen molar-refractivity contribution in [2.24, 2.45) is 0 Å². The first-order chi connectivity index (χ1) is 12.0. The zero-order valence-electron chi connectivity index (χ0n) is 14.8. The lowest BCUT2D eigenvalue weighted by Gasteiger charge is -2.30. The van der Waals surface area contributed by atoms with Crippen molar-refractivity contribution in [2.75, 3.05) is 19.6 Å². The molecule has 2 aromatic heterocycles. The van der Waals surface area contributed by atoms with Gasteiger partial charge in [0.15, 0.2) is 0 Å². The van der Waals surface area contributed by atoms with E-state index in [-0.39, 0.29) is 11.8 Å². The number of nitrogens with zero attached hydrogens (tertiary/aromatic N) is 3. The fourth-order valence-electron chi connectivity index (χ4n) is 4.26. The van der Waals surface area contributed by atoms with Gasteiger partial charge in [-0.3, -0.25) is 0 Å². The number of phenolic OH excluding ortho intramolecular Hbond substituents is 1. The number of aryl methyl sites for hydroxylation is 1. The summed E-state index contributed by atoms with van der Waals surface area (Å²) in [6, 6.07) is 7.03. The Balaban J connectivity index is 1.88. The standard InChI is InChI=1S/C20H24FN3O/c1-13(12-23-8-4-3-5-9-23)24-18-10-15(25)6-7-16(18)17-11-19(21)22-14(2)20(17)24/h6-7,10-11,13,25H,3-5,8-9,12H2,1-2H3. The monoisotopic (exact) mass is 341 g/mol. The molecule has 1 saturated heterocycles. The van der Waals surface area contributed by atoms with Gasteiger partial charge in [-0.25, -0.2) is 4.98 Å². The molecular formula is C20H24FN3O. The van der Waals surface area contributed by atoms with Crippen LogP contribution in [-0.4, -0.2) is 39.2 Å². The van der Waals surface area contributed by atoms with E-state index in [9.17, 15) is 9.50 Å². The Morgan fingerprint density at radius 3 is 2.68 bits per heavy atom. The highest BCUT2D eigenvalue weighted by molar-refractivity contribution is 6.09. The van der Waals surface area contributed by atoms with E-state index < -0.39 is 5.95 Å². The fourth-order valence-corrected chi connectivity index (χ4v) is 4.26. The molecule has 1 aliphatic heterocycles. The lowest BCUT2D eigenvalue weighted by atomic mass is 10.1. The van der Waals surface area contributed by atoms with E-state index in [1.807, 2.05) is 13.0 Å². The number of phenols is 1.